The second-order valence-corrected chi connectivity index (χ2v) is 7.52. The zero-order valence-electron chi connectivity index (χ0n) is 16.6. The van der Waals surface area contributed by atoms with Crippen LogP contribution in [0, 0.1) is 0 Å². The van der Waals surface area contributed by atoms with E-state index >= 15 is 0 Å². The SMILES string of the molecule is O=C1/C(=C/c2ccccc2)CCc2c(-c3ccccc3)cc(-c3ccccc3)nc21. The lowest BCUT2D eigenvalue weighted by Gasteiger charge is -2.21. The third-order valence-corrected chi connectivity index (χ3v) is 5.57. The molecule has 5 rings (SSSR count). The van der Waals surface area contributed by atoms with E-state index in [-0.39, 0.29) is 5.78 Å². The summed E-state index contributed by atoms with van der Waals surface area (Å²) in [4.78, 5) is 18.3. The van der Waals surface area contributed by atoms with E-state index in [2.05, 4.69) is 18.2 Å². The Morgan fingerprint density at radius 3 is 1.97 bits per heavy atom. The van der Waals surface area contributed by atoms with Gasteiger partial charge in [-0.25, -0.2) is 4.98 Å². The van der Waals surface area contributed by atoms with E-state index in [1.807, 2.05) is 84.9 Å². The molecule has 0 atom stereocenters. The standard InChI is InChI=1S/C28H21NO/c30-28-23(18-20-10-4-1-5-11-20)16-17-24-25(21-12-6-2-7-13-21)19-26(29-27(24)28)22-14-8-3-9-15-22/h1-15,18-19H,16-17H2/b23-18+. The van der Waals surface area contributed by atoms with E-state index in [0.717, 1.165) is 51.9 Å². The van der Waals surface area contributed by atoms with Crippen molar-refractivity contribution in [3.8, 4) is 22.4 Å². The fourth-order valence-corrected chi connectivity index (χ4v) is 4.06. The first kappa shape index (κ1) is 18.3. The summed E-state index contributed by atoms with van der Waals surface area (Å²) in [5.74, 6) is 0.0371. The van der Waals surface area contributed by atoms with Crippen LogP contribution in [-0.2, 0) is 6.42 Å². The number of allylic oxidation sites excluding steroid dienone is 1. The highest BCUT2D eigenvalue weighted by atomic mass is 16.1. The maximum Gasteiger partial charge on any atom is 0.207 e. The van der Waals surface area contributed by atoms with Crippen molar-refractivity contribution in [1.82, 2.24) is 4.98 Å². The third kappa shape index (κ3) is 3.48. The Morgan fingerprint density at radius 2 is 1.30 bits per heavy atom. The summed E-state index contributed by atoms with van der Waals surface area (Å²) in [5.41, 5.74) is 7.59. The molecule has 3 aromatic carbocycles. The van der Waals surface area contributed by atoms with Gasteiger partial charge in [0, 0.05) is 11.1 Å². The van der Waals surface area contributed by atoms with Gasteiger partial charge in [0.25, 0.3) is 0 Å². The second kappa shape index (κ2) is 7.92. The molecule has 144 valence electrons. The molecule has 0 unspecified atom stereocenters. The third-order valence-electron chi connectivity index (χ3n) is 5.57. The Morgan fingerprint density at radius 1 is 0.700 bits per heavy atom. The topological polar surface area (TPSA) is 30.0 Å². The fourth-order valence-electron chi connectivity index (χ4n) is 4.06. The smallest absolute Gasteiger partial charge is 0.207 e. The van der Waals surface area contributed by atoms with Gasteiger partial charge in [0.15, 0.2) is 0 Å². The van der Waals surface area contributed by atoms with Crippen LogP contribution in [0.3, 0.4) is 0 Å². The molecule has 1 aliphatic rings. The number of nitrogens with zero attached hydrogens (tertiary/aromatic N) is 1. The van der Waals surface area contributed by atoms with Crippen LogP contribution < -0.4 is 0 Å². The minimum Gasteiger partial charge on any atom is -0.287 e. The lowest BCUT2D eigenvalue weighted by molar-refractivity contribution is 0.102. The zero-order chi connectivity index (χ0) is 20.3. The number of carbonyl (C=O) groups excluding carboxylic acids is 1. The van der Waals surface area contributed by atoms with Gasteiger partial charge in [0.1, 0.15) is 5.69 Å². The molecule has 0 saturated carbocycles. The fraction of sp³-hybridized carbons (Fsp3) is 0.0714. The summed E-state index contributed by atoms with van der Waals surface area (Å²) in [6.45, 7) is 0. The lowest BCUT2D eigenvalue weighted by atomic mass is 9.84. The number of rotatable bonds is 3. The van der Waals surface area contributed by atoms with Gasteiger partial charge >= 0.3 is 0 Å². The first-order valence-electron chi connectivity index (χ1n) is 10.2. The van der Waals surface area contributed by atoms with Crippen LogP contribution >= 0.6 is 0 Å². The quantitative estimate of drug-likeness (QED) is 0.369. The van der Waals surface area contributed by atoms with E-state index in [0.29, 0.717) is 5.69 Å². The van der Waals surface area contributed by atoms with Gasteiger partial charge in [0.2, 0.25) is 5.78 Å². The van der Waals surface area contributed by atoms with Gasteiger partial charge < -0.3 is 0 Å². The summed E-state index contributed by atoms with van der Waals surface area (Å²) in [6, 6.07) is 32.5. The summed E-state index contributed by atoms with van der Waals surface area (Å²) in [6.07, 6.45) is 3.54. The molecule has 0 saturated heterocycles. The normalized spacial score (nSPS) is 14.5. The van der Waals surface area contributed by atoms with Gasteiger partial charge in [-0.3, -0.25) is 4.79 Å². The minimum absolute atomic E-state index is 0.0371. The van der Waals surface area contributed by atoms with Crippen LogP contribution in [0.15, 0.2) is 103 Å². The summed E-state index contributed by atoms with van der Waals surface area (Å²) < 4.78 is 0. The van der Waals surface area contributed by atoms with E-state index in [4.69, 9.17) is 4.98 Å². The predicted octanol–water partition coefficient (Wildman–Crippen LogP) is 6.63. The summed E-state index contributed by atoms with van der Waals surface area (Å²) in [7, 11) is 0. The van der Waals surface area contributed by atoms with Crippen molar-refractivity contribution in [2.24, 2.45) is 0 Å². The number of fused-ring (bicyclic) bond motifs is 1. The van der Waals surface area contributed by atoms with Crippen LogP contribution in [0.2, 0.25) is 0 Å². The van der Waals surface area contributed by atoms with Gasteiger partial charge in [-0.15, -0.1) is 0 Å². The number of Topliss-reactive ketones (excluding diaryl/α,β-unsaturated/α-hetero) is 1. The number of hydrogen-bond acceptors (Lipinski definition) is 2. The van der Waals surface area contributed by atoms with E-state index in [9.17, 15) is 4.79 Å². The number of benzene rings is 3. The molecule has 1 heterocycles. The number of hydrogen-bond donors (Lipinski definition) is 0. The van der Waals surface area contributed by atoms with Crippen molar-refractivity contribution in [3.63, 3.8) is 0 Å². The van der Waals surface area contributed by atoms with Gasteiger partial charge in [-0.2, -0.15) is 0 Å². The number of pyridine rings is 1. The predicted molar refractivity (Wildman–Crippen MR) is 122 cm³/mol. The lowest BCUT2D eigenvalue weighted by Crippen LogP contribution is -2.18. The van der Waals surface area contributed by atoms with Gasteiger partial charge in [-0.1, -0.05) is 91.0 Å². The molecule has 1 aliphatic carbocycles. The van der Waals surface area contributed by atoms with Crippen molar-refractivity contribution in [3.05, 3.63) is 119 Å². The van der Waals surface area contributed by atoms with Crippen molar-refractivity contribution < 1.29 is 4.79 Å². The first-order valence-corrected chi connectivity index (χ1v) is 10.2. The Kier molecular flexibility index (Phi) is 4.82. The van der Waals surface area contributed by atoms with Crippen molar-refractivity contribution in [2.45, 2.75) is 12.8 Å². The Bertz CT molecular complexity index is 1230. The van der Waals surface area contributed by atoms with E-state index in [1.165, 1.54) is 0 Å². The molecule has 0 amide bonds. The molecule has 30 heavy (non-hydrogen) atoms. The average Bonchev–Trinajstić information content (AvgIpc) is 2.82. The minimum atomic E-state index is 0.0371. The number of carbonyl (C=O) groups is 1. The highest BCUT2D eigenvalue weighted by molar-refractivity contribution is 6.13. The maximum atomic E-state index is 13.5. The largest absolute Gasteiger partial charge is 0.287 e. The molecule has 0 fully saturated rings. The molecule has 1 aromatic heterocycles. The number of ketones is 1. The van der Waals surface area contributed by atoms with Crippen LogP contribution in [0.1, 0.15) is 28.0 Å². The van der Waals surface area contributed by atoms with Gasteiger partial charge in [-0.05, 0) is 47.2 Å². The molecule has 2 nitrogen and oxygen atoms in total. The summed E-state index contributed by atoms with van der Waals surface area (Å²) >= 11 is 0. The van der Waals surface area contributed by atoms with Gasteiger partial charge in [0.05, 0.1) is 5.69 Å². The Balaban J connectivity index is 1.67. The molecule has 4 aromatic rings. The molecule has 0 bridgehead atoms. The van der Waals surface area contributed by atoms with Crippen LogP contribution in [0.5, 0.6) is 0 Å². The molecular weight excluding hydrogens is 366 g/mol. The molecule has 0 radical (unpaired) electrons. The van der Waals surface area contributed by atoms with Crippen LogP contribution in [-0.4, -0.2) is 10.8 Å². The van der Waals surface area contributed by atoms with E-state index < -0.39 is 0 Å². The Labute approximate surface area is 176 Å². The average molecular weight is 387 g/mol. The van der Waals surface area contributed by atoms with Crippen molar-refractivity contribution in [1.29, 1.82) is 0 Å². The molecule has 2 heteroatoms. The first-order chi connectivity index (χ1) is 14.8. The van der Waals surface area contributed by atoms with Crippen LogP contribution in [0.4, 0.5) is 0 Å². The maximum absolute atomic E-state index is 13.5. The van der Waals surface area contributed by atoms with E-state index in [1.54, 1.807) is 0 Å². The van der Waals surface area contributed by atoms with Crippen LogP contribution in [0.25, 0.3) is 28.5 Å². The Hall–Kier alpha value is -3.78. The highest BCUT2D eigenvalue weighted by Gasteiger charge is 2.27. The van der Waals surface area contributed by atoms with Crippen molar-refractivity contribution in [2.75, 3.05) is 0 Å². The zero-order valence-corrected chi connectivity index (χ0v) is 16.6. The number of aromatic nitrogens is 1. The molecule has 0 N–H and O–H groups in total. The molecule has 0 aliphatic heterocycles. The van der Waals surface area contributed by atoms with Crippen molar-refractivity contribution >= 4 is 11.9 Å². The second-order valence-electron chi connectivity index (χ2n) is 7.52. The summed E-state index contributed by atoms with van der Waals surface area (Å²) in [5, 5.41) is 0. The highest BCUT2D eigenvalue weighted by Crippen LogP contribution is 2.36. The molecule has 0 spiro atoms. The molecular formula is C28H21NO. The monoisotopic (exact) mass is 387 g/mol.